The van der Waals surface area contributed by atoms with Gasteiger partial charge in [0.2, 0.25) is 0 Å². The van der Waals surface area contributed by atoms with Gasteiger partial charge in [-0.3, -0.25) is 0 Å². The third-order valence-electron chi connectivity index (χ3n) is 6.15. The number of anilines is 1. The van der Waals surface area contributed by atoms with Crippen molar-refractivity contribution >= 4 is 17.7 Å². The average molecular weight is 347 g/mol. The van der Waals surface area contributed by atoms with Gasteiger partial charge < -0.3 is 10.0 Å². The van der Waals surface area contributed by atoms with E-state index in [9.17, 15) is 4.79 Å². The van der Waals surface area contributed by atoms with Crippen molar-refractivity contribution < 1.29 is 9.90 Å². The minimum atomic E-state index is -0.866. The molecule has 4 unspecified atom stereocenters. The van der Waals surface area contributed by atoms with Gasteiger partial charge in [-0.25, -0.2) is 4.79 Å². The van der Waals surface area contributed by atoms with Gasteiger partial charge in [-0.05, 0) is 59.9 Å². The molecule has 1 heterocycles. The molecule has 3 heteroatoms. The summed E-state index contributed by atoms with van der Waals surface area (Å²) in [6.45, 7) is 4.52. The van der Waals surface area contributed by atoms with Crippen molar-refractivity contribution in [3.8, 4) is 0 Å². The Bertz CT molecular complexity index is 797. The lowest BCUT2D eigenvalue weighted by atomic mass is 9.90. The largest absolute Gasteiger partial charge is 0.478 e. The molecule has 1 saturated carbocycles. The van der Waals surface area contributed by atoms with Crippen molar-refractivity contribution in [1.82, 2.24) is 0 Å². The monoisotopic (exact) mass is 347 g/mol. The van der Waals surface area contributed by atoms with Crippen molar-refractivity contribution in [3.05, 3.63) is 71.8 Å². The molecule has 4 atom stereocenters. The summed E-state index contributed by atoms with van der Waals surface area (Å²) in [7, 11) is 0. The molecular formula is C23H25NO2. The van der Waals surface area contributed by atoms with Crippen LogP contribution in [0.4, 0.5) is 5.69 Å². The summed E-state index contributed by atoms with van der Waals surface area (Å²) >= 11 is 0. The number of hydrogen-bond acceptors (Lipinski definition) is 2. The maximum Gasteiger partial charge on any atom is 0.335 e. The van der Waals surface area contributed by atoms with E-state index in [1.54, 1.807) is 12.1 Å². The van der Waals surface area contributed by atoms with Gasteiger partial charge in [0.25, 0.3) is 0 Å². The normalized spacial score (nSPS) is 27.8. The van der Waals surface area contributed by atoms with Crippen LogP contribution in [0.5, 0.6) is 0 Å². The summed E-state index contributed by atoms with van der Waals surface area (Å²) in [4.78, 5) is 13.5. The van der Waals surface area contributed by atoms with E-state index in [2.05, 4.69) is 54.3 Å². The molecule has 4 rings (SSSR count). The summed E-state index contributed by atoms with van der Waals surface area (Å²) in [5.41, 5.74) is 2.76. The lowest BCUT2D eigenvalue weighted by molar-refractivity contribution is 0.0697. The zero-order valence-corrected chi connectivity index (χ0v) is 15.1. The van der Waals surface area contributed by atoms with E-state index in [1.165, 1.54) is 12.0 Å². The highest BCUT2D eigenvalue weighted by Gasteiger charge is 2.45. The fourth-order valence-corrected chi connectivity index (χ4v) is 4.73. The number of nitrogens with zero attached hydrogens (tertiary/aromatic N) is 1. The molecule has 1 saturated heterocycles. The Labute approximate surface area is 155 Å². The maximum atomic E-state index is 11.0. The minimum absolute atomic E-state index is 0.352. The van der Waals surface area contributed by atoms with Gasteiger partial charge in [0.15, 0.2) is 0 Å². The molecule has 26 heavy (non-hydrogen) atoms. The summed E-state index contributed by atoms with van der Waals surface area (Å²) in [6, 6.07) is 17.8. The second-order valence-corrected chi connectivity index (χ2v) is 7.73. The van der Waals surface area contributed by atoms with E-state index >= 15 is 0 Å². The second kappa shape index (κ2) is 6.99. The molecule has 0 radical (unpaired) electrons. The van der Waals surface area contributed by atoms with Crippen molar-refractivity contribution in [2.24, 2.45) is 23.7 Å². The summed E-state index contributed by atoms with van der Waals surface area (Å²) in [5.74, 6) is 1.89. The highest BCUT2D eigenvalue weighted by molar-refractivity contribution is 5.88. The first-order valence-electron chi connectivity index (χ1n) is 9.43. The number of hydrogen-bond donors (Lipinski definition) is 1. The van der Waals surface area contributed by atoms with Crippen molar-refractivity contribution in [1.29, 1.82) is 0 Å². The molecule has 2 aliphatic rings. The van der Waals surface area contributed by atoms with Gasteiger partial charge in [-0.2, -0.15) is 0 Å². The number of aromatic carboxylic acids is 1. The maximum absolute atomic E-state index is 11.0. The summed E-state index contributed by atoms with van der Waals surface area (Å²) in [5, 5.41) is 9.07. The third-order valence-corrected chi connectivity index (χ3v) is 6.15. The van der Waals surface area contributed by atoms with Crippen molar-refractivity contribution in [2.45, 2.75) is 13.3 Å². The van der Waals surface area contributed by atoms with Gasteiger partial charge in [0.1, 0.15) is 0 Å². The standard InChI is InChI=1S/C23H25NO2/c1-16-13-19(8-7-17-5-3-2-4-6-17)22-15-24(14-21(16)22)20-11-9-18(10-12-20)23(25)26/h2-12,16,19,21-22H,13-15H2,1H3,(H,25,26)/b8-7+. The quantitative estimate of drug-likeness (QED) is 0.863. The minimum Gasteiger partial charge on any atom is -0.478 e. The molecule has 134 valence electrons. The van der Waals surface area contributed by atoms with Crippen LogP contribution in [0.15, 0.2) is 60.7 Å². The molecule has 2 fully saturated rings. The Kier molecular flexibility index (Phi) is 4.54. The topological polar surface area (TPSA) is 40.5 Å². The molecule has 0 aromatic heterocycles. The molecule has 0 bridgehead atoms. The Balaban J connectivity index is 1.48. The van der Waals surface area contributed by atoms with Gasteiger partial charge in [-0.15, -0.1) is 0 Å². The van der Waals surface area contributed by atoms with Crippen molar-refractivity contribution in [2.75, 3.05) is 18.0 Å². The molecule has 2 aromatic rings. The lowest BCUT2D eigenvalue weighted by Crippen LogP contribution is -2.23. The Morgan fingerprint density at radius 2 is 1.73 bits per heavy atom. The lowest BCUT2D eigenvalue weighted by Gasteiger charge is -2.22. The number of carbonyl (C=O) groups is 1. The number of carboxylic acids is 1. The third kappa shape index (κ3) is 3.26. The summed E-state index contributed by atoms with van der Waals surface area (Å²) < 4.78 is 0. The van der Waals surface area contributed by atoms with Gasteiger partial charge in [0.05, 0.1) is 5.56 Å². The van der Waals surface area contributed by atoms with E-state index in [0.29, 0.717) is 17.4 Å². The average Bonchev–Trinajstić information content (AvgIpc) is 3.22. The summed E-state index contributed by atoms with van der Waals surface area (Å²) in [6.07, 6.45) is 5.95. The van der Waals surface area contributed by atoms with Gasteiger partial charge in [0, 0.05) is 18.8 Å². The number of rotatable bonds is 4. The Hall–Kier alpha value is -2.55. The molecular weight excluding hydrogens is 322 g/mol. The fourth-order valence-electron chi connectivity index (χ4n) is 4.73. The van der Waals surface area contributed by atoms with Crippen LogP contribution in [0, 0.1) is 23.7 Å². The number of fused-ring (bicyclic) bond motifs is 1. The Morgan fingerprint density at radius 3 is 2.42 bits per heavy atom. The first-order chi connectivity index (χ1) is 12.6. The number of benzene rings is 2. The fraction of sp³-hybridized carbons (Fsp3) is 0.348. The zero-order valence-electron chi connectivity index (χ0n) is 15.1. The van der Waals surface area contributed by atoms with Crippen LogP contribution in [-0.4, -0.2) is 24.2 Å². The van der Waals surface area contributed by atoms with Crippen LogP contribution in [0.2, 0.25) is 0 Å². The van der Waals surface area contributed by atoms with Crippen molar-refractivity contribution in [3.63, 3.8) is 0 Å². The van der Waals surface area contributed by atoms with Crippen LogP contribution in [0.3, 0.4) is 0 Å². The van der Waals surface area contributed by atoms with Crippen LogP contribution >= 0.6 is 0 Å². The number of allylic oxidation sites excluding steroid dienone is 1. The molecule has 3 nitrogen and oxygen atoms in total. The van der Waals surface area contributed by atoms with E-state index < -0.39 is 5.97 Å². The second-order valence-electron chi connectivity index (χ2n) is 7.73. The van der Waals surface area contributed by atoms with E-state index in [4.69, 9.17) is 5.11 Å². The smallest absolute Gasteiger partial charge is 0.335 e. The first-order valence-corrected chi connectivity index (χ1v) is 9.43. The van der Waals surface area contributed by atoms with Gasteiger partial charge in [-0.1, -0.05) is 49.4 Å². The van der Waals surface area contributed by atoms with E-state index in [-0.39, 0.29) is 0 Å². The Morgan fingerprint density at radius 1 is 1.04 bits per heavy atom. The molecule has 0 amide bonds. The predicted octanol–water partition coefficient (Wildman–Crippen LogP) is 4.81. The zero-order chi connectivity index (χ0) is 18.1. The van der Waals surface area contributed by atoms with E-state index in [1.807, 2.05) is 12.1 Å². The number of carboxylic acid groups (broad SMARTS) is 1. The highest BCUT2D eigenvalue weighted by Crippen LogP contribution is 2.47. The molecule has 2 aromatic carbocycles. The first kappa shape index (κ1) is 16.9. The molecule has 1 aliphatic carbocycles. The molecule has 1 aliphatic heterocycles. The van der Waals surface area contributed by atoms with E-state index in [0.717, 1.165) is 30.6 Å². The molecule has 1 N–H and O–H groups in total. The SMILES string of the molecule is CC1CC(/C=C/c2ccccc2)C2CN(c3ccc(C(=O)O)cc3)CC12. The molecule has 0 spiro atoms. The van der Waals surface area contributed by atoms with Crippen LogP contribution in [0.25, 0.3) is 6.08 Å². The van der Waals surface area contributed by atoms with Crippen LogP contribution in [-0.2, 0) is 0 Å². The van der Waals surface area contributed by atoms with Crippen LogP contribution in [0.1, 0.15) is 29.3 Å². The van der Waals surface area contributed by atoms with Gasteiger partial charge >= 0.3 is 5.97 Å². The highest BCUT2D eigenvalue weighted by atomic mass is 16.4. The predicted molar refractivity (Wildman–Crippen MR) is 105 cm³/mol. The van der Waals surface area contributed by atoms with Crippen LogP contribution < -0.4 is 4.90 Å².